The number of hydrogen-bond acceptors (Lipinski definition) is 1. The number of halogens is 3. The molecule has 0 spiro atoms. The molecular weight excluding hydrogens is 263 g/mol. The van der Waals surface area contributed by atoms with Crippen LogP contribution in [-0.2, 0) is 0 Å². The van der Waals surface area contributed by atoms with Crippen LogP contribution in [0, 0.1) is 0 Å². The Morgan fingerprint density at radius 2 is 1.95 bits per heavy atom. The van der Waals surface area contributed by atoms with E-state index in [2.05, 4.69) is 4.98 Å². The van der Waals surface area contributed by atoms with Crippen molar-refractivity contribution in [2.75, 3.05) is 0 Å². The molecule has 4 heteroatoms. The van der Waals surface area contributed by atoms with Crippen molar-refractivity contribution in [3.05, 3.63) is 35.2 Å². The molecule has 20 heavy (non-hydrogen) atoms. The highest BCUT2D eigenvalue weighted by molar-refractivity contribution is 5.49. The molecule has 1 heterocycles. The van der Waals surface area contributed by atoms with Gasteiger partial charge in [0.2, 0.25) is 0 Å². The molecule has 1 unspecified atom stereocenters. The molecule has 1 aliphatic carbocycles. The average molecular weight is 283 g/mol. The van der Waals surface area contributed by atoms with E-state index in [9.17, 15) is 13.2 Å². The summed E-state index contributed by atoms with van der Waals surface area (Å²) in [6, 6.07) is 5.38. The lowest BCUT2D eigenvalue weighted by Crippen LogP contribution is -2.14. The van der Waals surface area contributed by atoms with Gasteiger partial charge in [-0.15, -0.1) is 0 Å². The van der Waals surface area contributed by atoms with Gasteiger partial charge in [0.25, 0.3) is 0 Å². The predicted octanol–water partition coefficient (Wildman–Crippen LogP) is 5.49. The molecule has 0 bridgehead atoms. The molecule has 1 atom stereocenters. The van der Waals surface area contributed by atoms with Crippen molar-refractivity contribution in [1.29, 1.82) is 0 Å². The minimum atomic E-state index is -4.14. The Bertz CT molecular complexity index is 469. The maximum atomic E-state index is 12.6. The zero-order valence-electron chi connectivity index (χ0n) is 11.7. The Morgan fingerprint density at radius 3 is 2.55 bits per heavy atom. The molecule has 1 aromatic heterocycles. The van der Waals surface area contributed by atoms with Crippen LogP contribution in [0.5, 0.6) is 0 Å². The first-order chi connectivity index (χ1) is 9.48. The second-order valence-electron chi connectivity index (χ2n) is 5.42. The summed E-state index contributed by atoms with van der Waals surface area (Å²) in [5, 5.41) is 0. The number of rotatable bonds is 4. The van der Waals surface area contributed by atoms with E-state index in [0.717, 1.165) is 18.5 Å². The highest BCUT2D eigenvalue weighted by Crippen LogP contribution is 2.33. The Morgan fingerprint density at radius 1 is 1.25 bits per heavy atom. The number of hydrogen-bond donors (Lipinski definition) is 0. The van der Waals surface area contributed by atoms with Crippen LogP contribution in [0.1, 0.15) is 62.8 Å². The number of aromatic nitrogens is 1. The van der Waals surface area contributed by atoms with Crippen molar-refractivity contribution in [3.63, 3.8) is 0 Å². The molecule has 1 fully saturated rings. The molecule has 0 aromatic carbocycles. The van der Waals surface area contributed by atoms with Crippen molar-refractivity contribution in [2.45, 2.75) is 57.5 Å². The summed E-state index contributed by atoms with van der Waals surface area (Å²) in [7, 11) is 0. The van der Waals surface area contributed by atoms with Crippen molar-refractivity contribution in [1.82, 2.24) is 4.98 Å². The van der Waals surface area contributed by atoms with Crippen molar-refractivity contribution in [3.8, 4) is 0 Å². The lowest BCUT2D eigenvalue weighted by Gasteiger charge is -2.16. The van der Waals surface area contributed by atoms with Crippen LogP contribution in [0.4, 0.5) is 13.2 Å². The van der Waals surface area contributed by atoms with E-state index in [1.54, 1.807) is 13.0 Å². The summed E-state index contributed by atoms with van der Waals surface area (Å²) in [6.45, 7) is 1.78. The molecule has 0 N–H and O–H groups in total. The van der Waals surface area contributed by atoms with E-state index in [1.165, 1.54) is 18.4 Å². The molecule has 1 nitrogen and oxygen atoms in total. The van der Waals surface area contributed by atoms with Crippen LogP contribution < -0.4 is 0 Å². The van der Waals surface area contributed by atoms with Gasteiger partial charge in [0.05, 0.1) is 12.1 Å². The van der Waals surface area contributed by atoms with Gasteiger partial charge in [-0.05, 0) is 50.3 Å². The molecule has 0 radical (unpaired) electrons. The van der Waals surface area contributed by atoms with Crippen molar-refractivity contribution >= 4 is 6.08 Å². The Balaban J connectivity index is 2.17. The second kappa shape index (κ2) is 6.42. The fraction of sp³-hybridized carbons (Fsp3) is 0.562. The lowest BCUT2D eigenvalue weighted by atomic mass is 9.97. The minimum absolute atomic E-state index is 0.451. The van der Waals surface area contributed by atoms with Gasteiger partial charge in [-0.1, -0.05) is 18.6 Å². The van der Waals surface area contributed by atoms with Crippen LogP contribution in [0.2, 0.25) is 0 Å². The molecule has 110 valence electrons. The van der Waals surface area contributed by atoms with E-state index in [1.807, 2.05) is 18.2 Å². The van der Waals surface area contributed by atoms with Crippen LogP contribution in [0.3, 0.4) is 0 Å². The van der Waals surface area contributed by atoms with Gasteiger partial charge >= 0.3 is 6.18 Å². The lowest BCUT2D eigenvalue weighted by molar-refractivity contribution is -0.139. The van der Waals surface area contributed by atoms with Gasteiger partial charge in [0.15, 0.2) is 0 Å². The number of pyridine rings is 1. The Kier molecular flexibility index (Phi) is 4.84. The summed E-state index contributed by atoms with van der Waals surface area (Å²) in [5.41, 5.74) is 2.70. The quantitative estimate of drug-likeness (QED) is 0.712. The fourth-order valence-electron chi connectivity index (χ4n) is 2.70. The Labute approximate surface area is 117 Å². The average Bonchev–Trinajstić information content (AvgIpc) is 2.88. The van der Waals surface area contributed by atoms with E-state index >= 15 is 0 Å². The summed E-state index contributed by atoms with van der Waals surface area (Å²) >= 11 is 0. The molecule has 0 amide bonds. The third-order valence-corrected chi connectivity index (χ3v) is 3.78. The van der Waals surface area contributed by atoms with Gasteiger partial charge in [0.1, 0.15) is 0 Å². The standard InChI is InChI=1S/C16H20F3N/c1-2-13(11-16(17,18)19)15-9-5-8-14(20-15)10-12-6-3-4-7-12/h5,8-10,13H,2-4,6-7,11H2,1H3. The normalized spacial score (nSPS) is 17.3. The van der Waals surface area contributed by atoms with E-state index in [-0.39, 0.29) is 0 Å². The summed E-state index contributed by atoms with van der Waals surface area (Å²) < 4.78 is 37.7. The molecule has 0 saturated heterocycles. The first-order valence-corrected chi connectivity index (χ1v) is 7.21. The second-order valence-corrected chi connectivity index (χ2v) is 5.42. The summed E-state index contributed by atoms with van der Waals surface area (Å²) in [5.74, 6) is -0.545. The number of alkyl halides is 3. The van der Waals surface area contributed by atoms with Crippen LogP contribution in [-0.4, -0.2) is 11.2 Å². The molecule has 1 aliphatic rings. The first-order valence-electron chi connectivity index (χ1n) is 7.21. The van der Waals surface area contributed by atoms with Gasteiger partial charge in [-0.3, -0.25) is 4.98 Å². The van der Waals surface area contributed by atoms with E-state index in [4.69, 9.17) is 0 Å². The third-order valence-electron chi connectivity index (χ3n) is 3.78. The predicted molar refractivity (Wildman–Crippen MR) is 74.4 cm³/mol. The van der Waals surface area contributed by atoms with Gasteiger partial charge < -0.3 is 0 Å². The minimum Gasteiger partial charge on any atom is -0.253 e. The smallest absolute Gasteiger partial charge is 0.253 e. The van der Waals surface area contributed by atoms with Crippen LogP contribution in [0.15, 0.2) is 23.8 Å². The Hall–Kier alpha value is -1.32. The largest absolute Gasteiger partial charge is 0.389 e. The highest BCUT2D eigenvalue weighted by Gasteiger charge is 2.32. The molecule has 1 saturated carbocycles. The monoisotopic (exact) mass is 283 g/mol. The van der Waals surface area contributed by atoms with Crippen LogP contribution >= 0.6 is 0 Å². The van der Waals surface area contributed by atoms with Gasteiger partial charge in [-0.25, -0.2) is 0 Å². The zero-order valence-corrected chi connectivity index (χ0v) is 11.7. The third kappa shape index (κ3) is 4.36. The zero-order chi connectivity index (χ0) is 14.6. The van der Waals surface area contributed by atoms with E-state index < -0.39 is 18.5 Å². The molecular formula is C16H20F3N. The maximum Gasteiger partial charge on any atom is 0.389 e. The van der Waals surface area contributed by atoms with Crippen LogP contribution in [0.25, 0.3) is 6.08 Å². The summed E-state index contributed by atoms with van der Waals surface area (Å²) in [6.07, 6.45) is 2.15. The molecule has 0 aliphatic heterocycles. The van der Waals surface area contributed by atoms with E-state index in [0.29, 0.717) is 12.1 Å². The SMILES string of the molecule is CCC(CC(F)(F)F)c1cccc(C=C2CCCC2)n1. The maximum absolute atomic E-state index is 12.6. The molecule has 2 rings (SSSR count). The topological polar surface area (TPSA) is 12.9 Å². The number of allylic oxidation sites excluding steroid dienone is 1. The van der Waals surface area contributed by atoms with Gasteiger partial charge in [-0.2, -0.15) is 13.2 Å². The van der Waals surface area contributed by atoms with Gasteiger partial charge in [0, 0.05) is 11.6 Å². The molecule has 1 aromatic rings. The highest BCUT2D eigenvalue weighted by atomic mass is 19.4. The van der Waals surface area contributed by atoms with Crippen molar-refractivity contribution in [2.24, 2.45) is 0 Å². The summed E-state index contributed by atoms with van der Waals surface area (Å²) in [4.78, 5) is 4.42. The fourth-order valence-corrected chi connectivity index (χ4v) is 2.70. The van der Waals surface area contributed by atoms with Crippen molar-refractivity contribution < 1.29 is 13.2 Å². The number of nitrogens with zero attached hydrogens (tertiary/aromatic N) is 1. The first kappa shape index (κ1) is 15.1.